The van der Waals surface area contributed by atoms with Gasteiger partial charge in [0.2, 0.25) is 11.8 Å². The Kier molecular flexibility index (Phi) is 3.51. The van der Waals surface area contributed by atoms with Gasteiger partial charge in [0.15, 0.2) is 0 Å². The third-order valence-corrected chi connectivity index (χ3v) is 5.96. The Morgan fingerprint density at radius 2 is 1.89 bits per heavy atom. The van der Waals surface area contributed by atoms with Gasteiger partial charge >= 0.3 is 0 Å². The van der Waals surface area contributed by atoms with E-state index in [0.29, 0.717) is 22.6 Å². The Morgan fingerprint density at radius 1 is 1.14 bits per heavy atom. The van der Waals surface area contributed by atoms with Gasteiger partial charge in [-0.2, -0.15) is 5.10 Å². The van der Waals surface area contributed by atoms with Gasteiger partial charge < -0.3 is 10.2 Å². The van der Waals surface area contributed by atoms with E-state index >= 15 is 0 Å². The second-order valence-electron chi connectivity index (χ2n) is 6.95. The second-order valence-corrected chi connectivity index (χ2v) is 7.87. The summed E-state index contributed by atoms with van der Waals surface area (Å²) in [5.74, 6) is -0.601. The molecular weight excluding hydrogens is 427 g/mol. The number of anilines is 2. The molecule has 1 aromatic heterocycles. The van der Waals surface area contributed by atoms with Crippen molar-refractivity contribution >= 4 is 39.2 Å². The molecule has 0 saturated heterocycles. The van der Waals surface area contributed by atoms with E-state index < -0.39 is 11.2 Å². The van der Waals surface area contributed by atoms with Crippen LogP contribution in [0.5, 0.6) is 0 Å². The fourth-order valence-corrected chi connectivity index (χ4v) is 4.42. The largest absolute Gasteiger partial charge is 0.314 e. The van der Waals surface area contributed by atoms with Crippen molar-refractivity contribution in [2.45, 2.75) is 11.8 Å². The van der Waals surface area contributed by atoms with Gasteiger partial charge in [0.25, 0.3) is 0 Å². The lowest BCUT2D eigenvalue weighted by molar-refractivity contribution is -0.126. The van der Waals surface area contributed by atoms with Gasteiger partial charge in [-0.3, -0.25) is 9.59 Å². The minimum atomic E-state index is -1.28. The van der Waals surface area contributed by atoms with E-state index in [-0.39, 0.29) is 18.2 Å². The minimum Gasteiger partial charge on any atom is -0.314 e. The zero-order chi connectivity index (χ0) is 19.6. The first-order valence-corrected chi connectivity index (χ1v) is 9.43. The van der Waals surface area contributed by atoms with Crippen LogP contribution in [0.2, 0.25) is 0 Å². The molecule has 1 spiro atoms. The van der Waals surface area contributed by atoms with E-state index in [1.807, 2.05) is 24.3 Å². The molecule has 2 aliphatic heterocycles. The molecule has 2 amide bonds. The van der Waals surface area contributed by atoms with E-state index in [2.05, 4.69) is 26.3 Å². The van der Waals surface area contributed by atoms with Crippen molar-refractivity contribution in [2.24, 2.45) is 0 Å². The molecule has 1 N–H and O–H groups in total. The molecule has 0 fully saturated rings. The summed E-state index contributed by atoms with van der Waals surface area (Å²) in [4.78, 5) is 27.5. The van der Waals surface area contributed by atoms with Crippen LogP contribution in [0.1, 0.15) is 17.5 Å². The molecule has 3 aromatic rings. The Balaban J connectivity index is 1.78. The Labute approximate surface area is 168 Å². The predicted octanol–water partition coefficient (Wildman–Crippen LogP) is 3.38. The highest BCUT2D eigenvalue weighted by molar-refractivity contribution is 9.10. The van der Waals surface area contributed by atoms with Crippen molar-refractivity contribution in [3.8, 4) is 5.69 Å². The zero-order valence-electron chi connectivity index (χ0n) is 14.7. The summed E-state index contributed by atoms with van der Waals surface area (Å²) in [7, 11) is 1.64. The molecule has 8 heteroatoms. The summed E-state index contributed by atoms with van der Waals surface area (Å²) in [6, 6.07) is 11.7. The summed E-state index contributed by atoms with van der Waals surface area (Å²) < 4.78 is 16.6. The van der Waals surface area contributed by atoms with Gasteiger partial charge in [-0.1, -0.05) is 15.9 Å². The number of nitrogens with one attached hydrogen (secondary N) is 1. The molecule has 0 unspecified atom stereocenters. The van der Waals surface area contributed by atoms with Gasteiger partial charge in [0.05, 0.1) is 11.9 Å². The highest BCUT2D eigenvalue weighted by Gasteiger charge is 2.56. The average molecular weight is 441 g/mol. The first-order chi connectivity index (χ1) is 13.4. The van der Waals surface area contributed by atoms with Gasteiger partial charge in [0.1, 0.15) is 17.1 Å². The van der Waals surface area contributed by atoms with Crippen molar-refractivity contribution in [2.75, 3.05) is 17.3 Å². The molecule has 6 nitrogen and oxygen atoms in total. The number of benzene rings is 2. The number of rotatable bonds is 1. The van der Waals surface area contributed by atoms with Crippen molar-refractivity contribution in [3.05, 3.63) is 70.1 Å². The number of halogens is 2. The van der Waals surface area contributed by atoms with Gasteiger partial charge in [-0.25, -0.2) is 9.07 Å². The number of carbonyl (C=O) groups excluding carboxylic acids is 2. The number of fused-ring (bicyclic) bond motifs is 4. The van der Waals surface area contributed by atoms with Crippen LogP contribution in [0.4, 0.5) is 15.9 Å². The van der Waals surface area contributed by atoms with Crippen LogP contribution in [0.15, 0.2) is 53.1 Å². The maximum Gasteiger partial charge on any atom is 0.242 e. The minimum absolute atomic E-state index is 0.0916. The lowest BCUT2D eigenvalue weighted by atomic mass is 9.72. The highest BCUT2D eigenvalue weighted by Crippen LogP contribution is 2.52. The summed E-state index contributed by atoms with van der Waals surface area (Å²) in [6.07, 6.45) is 1.49. The van der Waals surface area contributed by atoms with Crippen LogP contribution in [-0.2, 0) is 15.0 Å². The van der Waals surface area contributed by atoms with Crippen LogP contribution >= 0.6 is 15.9 Å². The van der Waals surface area contributed by atoms with E-state index in [4.69, 9.17) is 0 Å². The number of aromatic nitrogens is 2. The van der Waals surface area contributed by atoms with Gasteiger partial charge in [-0.05, 0) is 48.0 Å². The van der Waals surface area contributed by atoms with Crippen LogP contribution in [0.3, 0.4) is 0 Å². The number of hydrogen-bond donors (Lipinski definition) is 1. The van der Waals surface area contributed by atoms with Crippen LogP contribution in [0, 0.1) is 5.82 Å². The van der Waals surface area contributed by atoms with Crippen molar-refractivity contribution < 1.29 is 14.0 Å². The lowest BCUT2D eigenvalue weighted by Crippen LogP contribution is -2.45. The average Bonchev–Trinajstić information content (AvgIpc) is 3.17. The Morgan fingerprint density at radius 3 is 2.64 bits per heavy atom. The topological polar surface area (TPSA) is 67.2 Å². The number of amides is 2. The first-order valence-electron chi connectivity index (χ1n) is 8.64. The quantitative estimate of drug-likeness (QED) is 0.630. The molecule has 3 heterocycles. The molecule has 140 valence electrons. The van der Waals surface area contributed by atoms with E-state index in [1.54, 1.807) is 24.0 Å². The summed E-state index contributed by atoms with van der Waals surface area (Å²) >= 11 is 3.40. The van der Waals surface area contributed by atoms with Crippen molar-refractivity contribution in [3.63, 3.8) is 0 Å². The van der Waals surface area contributed by atoms with Crippen molar-refractivity contribution in [1.29, 1.82) is 0 Å². The zero-order valence-corrected chi connectivity index (χ0v) is 16.3. The molecular formula is C20H14BrFN4O2. The van der Waals surface area contributed by atoms with Crippen LogP contribution in [0.25, 0.3) is 5.69 Å². The summed E-state index contributed by atoms with van der Waals surface area (Å²) in [6.45, 7) is 0. The normalized spacial score (nSPS) is 20.3. The molecule has 5 rings (SSSR count). The molecule has 2 aromatic carbocycles. The number of nitrogens with zero attached hydrogens (tertiary/aromatic N) is 3. The number of carbonyl (C=O) groups is 2. The van der Waals surface area contributed by atoms with Crippen LogP contribution < -0.4 is 10.2 Å². The van der Waals surface area contributed by atoms with E-state index in [9.17, 15) is 14.0 Å². The van der Waals surface area contributed by atoms with E-state index in [0.717, 1.165) is 10.2 Å². The monoisotopic (exact) mass is 440 g/mol. The number of hydrogen-bond acceptors (Lipinski definition) is 3. The van der Waals surface area contributed by atoms with Crippen molar-refractivity contribution in [1.82, 2.24) is 9.78 Å². The molecule has 1 atom stereocenters. The molecule has 2 aliphatic rings. The molecule has 0 saturated carbocycles. The molecule has 0 radical (unpaired) electrons. The summed E-state index contributed by atoms with van der Waals surface area (Å²) in [5.41, 5.74) is 1.11. The van der Waals surface area contributed by atoms with Gasteiger partial charge in [-0.15, -0.1) is 0 Å². The fourth-order valence-electron chi connectivity index (χ4n) is 4.16. The highest BCUT2D eigenvalue weighted by atomic mass is 79.9. The van der Waals surface area contributed by atoms with Crippen LogP contribution in [-0.4, -0.2) is 28.6 Å². The third kappa shape index (κ3) is 2.15. The number of likely N-dealkylation sites (N-methyl/N-ethyl adjacent to an activating group) is 1. The third-order valence-electron chi connectivity index (χ3n) is 5.43. The fraction of sp³-hybridized carbons (Fsp3) is 0.150. The molecule has 28 heavy (non-hydrogen) atoms. The smallest absolute Gasteiger partial charge is 0.242 e. The molecule has 0 aliphatic carbocycles. The first kappa shape index (κ1) is 17.1. The second kappa shape index (κ2) is 5.75. The Bertz CT molecular complexity index is 1160. The van der Waals surface area contributed by atoms with Gasteiger partial charge in [0, 0.05) is 29.2 Å². The maximum absolute atomic E-state index is 14.1. The lowest BCUT2D eigenvalue weighted by Gasteiger charge is -2.32. The standard InChI is InChI=1S/C20H14BrFN4O2/c1-25-16-7-4-12(22)8-14(16)20(19(25)28)9-17(27)24-18-15(20)10-23-26(18)13-5-2-11(21)3-6-13/h2-8,10H,9H2,1H3,(H,24,27)/t20-/m1/s1. The molecule has 0 bridgehead atoms. The SMILES string of the molecule is CN1C(=O)[C@]2(CC(=O)Nc3c2cnn3-c2ccc(Br)cc2)c2cc(F)ccc21. The van der Waals surface area contributed by atoms with E-state index in [1.165, 1.54) is 17.0 Å². The maximum atomic E-state index is 14.1. The predicted molar refractivity (Wildman–Crippen MR) is 105 cm³/mol. The summed E-state index contributed by atoms with van der Waals surface area (Å²) in [5, 5.41) is 7.27. The Hall–Kier alpha value is -3.00.